The van der Waals surface area contributed by atoms with Crippen LogP contribution in [0.3, 0.4) is 0 Å². The molecule has 0 aromatic rings. The number of hydrogen-bond acceptors (Lipinski definition) is 3. The Labute approximate surface area is 58.8 Å². The average molecular weight is 120 g/mol. The van der Waals surface area contributed by atoms with Gasteiger partial charge in [-0.3, -0.25) is 0 Å². The molecule has 0 bridgehead atoms. The summed E-state index contributed by atoms with van der Waals surface area (Å²) >= 11 is 3.65. The third-order valence-corrected chi connectivity index (χ3v) is 0. The number of hydrogen-bond donors (Lipinski definition) is 1. The van der Waals surface area contributed by atoms with Gasteiger partial charge < -0.3 is 8.76 Å². The largest absolute Gasteiger partial charge is 0.459 e. The van der Waals surface area contributed by atoms with Crippen LogP contribution in [0.1, 0.15) is 0 Å². The maximum absolute atomic E-state index is 8.93. The fraction of sp³-hybridized carbons (Fsp3) is 0. The molecule has 27 valence electrons. The molecule has 0 aliphatic rings. The molecule has 0 spiro atoms. The molecule has 0 atom stereocenters. The van der Waals surface area contributed by atoms with Crippen LogP contribution in [0, 0.1) is 0 Å². The van der Waals surface area contributed by atoms with Crippen LogP contribution >= 0.6 is 0 Å². The SMILES string of the molecule is O=[S-](O)=S.[Na]. The summed E-state index contributed by atoms with van der Waals surface area (Å²) in [6.07, 6.45) is 0. The summed E-state index contributed by atoms with van der Waals surface area (Å²) in [5.74, 6) is 0. The van der Waals surface area contributed by atoms with Crippen molar-refractivity contribution in [2.45, 2.75) is 0 Å². The van der Waals surface area contributed by atoms with Gasteiger partial charge in [0.25, 0.3) is 0 Å². The van der Waals surface area contributed by atoms with E-state index in [9.17, 15) is 0 Å². The van der Waals surface area contributed by atoms with Crippen LogP contribution in [0.2, 0.25) is 0 Å². The van der Waals surface area contributed by atoms with Gasteiger partial charge in [0, 0.05) is 29.6 Å². The van der Waals surface area contributed by atoms with E-state index < -0.39 is 9.64 Å². The standard InChI is InChI=1S/Na.HO2S2/c;1-4(2)3/h;(H,1,2,3)/q;-1. The summed E-state index contributed by atoms with van der Waals surface area (Å²) in [5, 5.41) is 0. The molecule has 1 N–H and O–H groups in total. The van der Waals surface area contributed by atoms with Crippen molar-refractivity contribution in [3.63, 3.8) is 0 Å². The van der Waals surface area contributed by atoms with E-state index in [4.69, 9.17) is 8.76 Å². The Hall–Kier alpha value is 1.33. The Bertz CT molecular complexity index is 56.0. The van der Waals surface area contributed by atoms with Gasteiger partial charge in [-0.1, -0.05) is 9.64 Å². The maximum atomic E-state index is 8.93. The first-order valence-corrected chi connectivity index (χ1v) is 2.55. The Kier molecular flexibility index (Phi) is 10.2. The van der Waals surface area contributed by atoms with E-state index in [1.54, 1.807) is 0 Å². The molecular weight excluding hydrogens is 119 g/mol. The van der Waals surface area contributed by atoms with E-state index in [0.29, 0.717) is 0 Å². The number of rotatable bonds is 0. The summed E-state index contributed by atoms with van der Waals surface area (Å²) < 4.78 is 16.3. The van der Waals surface area contributed by atoms with Crippen LogP contribution in [-0.2, 0) is 25.0 Å². The summed E-state index contributed by atoms with van der Waals surface area (Å²) in [5.41, 5.74) is 0. The topological polar surface area (TPSA) is 37.3 Å². The molecule has 0 saturated carbocycles. The zero-order valence-corrected chi connectivity index (χ0v) is 6.30. The molecule has 0 aliphatic carbocycles. The molecule has 0 saturated heterocycles. The molecule has 5 heteroatoms. The van der Waals surface area contributed by atoms with Gasteiger partial charge in [-0.15, -0.1) is 0 Å². The van der Waals surface area contributed by atoms with E-state index in [0.717, 1.165) is 0 Å². The minimum absolute atomic E-state index is 0. The average Bonchev–Trinajstić information content (AvgIpc) is 0.811. The second-order valence-electron chi connectivity index (χ2n) is 0.217. The quantitative estimate of drug-likeness (QED) is 0.266. The molecular formula is HNaO2S2-. The van der Waals surface area contributed by atoms with E-state index in [-0.39, 0.29) is 29.6 Å². The minimum Gasteiger partial charge on any atom is -0.459 e. The van der Waals surface area contributed by atoms with Gasteiger partial charge in [0.2, 0.25) is 0 Å². The van der Waals surface area contributed by atoms with Crippen LogP contribution in [0.4, 0.5) is 0 Å². The van der Waals surface area contributed by atoms with Crippen LogP contribution < -0.4 is 0 Å². The van der Waals surface area contributed by atoms with Crippen molar-refractivity contribution in [3.05, 3.63) is 0 Å². The third-order valence-electron chi connectivity index (χ3n) is 0. The van der Waals surface area contributed by atoms with Crippen LogP contribution in [0.15, 0.2) is 0 Å². The normalized spacial score (nSPS) is 6.80. The zero-order chi connectivity index (χ0) is 3.58. The summed E-state index contributed by atoms with van der Waals surface area (Å²) in [7, 11) is -2.03. The van der Waals surface area contributed by atoms with Crippen molar-refractivity contribution in [3.8, 4) is 0 Å². The molecule has 0 aromatic heterocycles. The minimum atomic E-state index is -2.03. The summed E-state index contributed by atoms with van der Waals surface area (Å²) in [6, 6.07) is 0. The predicted octanol–water partition coefficient (Wildman–Crippen LogP) is -0.496. The van der Waals surface area contributed by atoms with Gasteiger partial charge in [0.15, 0.2) is 0 Å². The first-order valence-electron chi connectivity index (χ1n) is 0.516. The van der Waals surface area contributed by atoms with Crippen molar-refractivity contribution in [1.82, 2.24) is 0 Å². The smallest absolute Gasteiger partial charge is 0 e. The van der Waals surface area contributed by atoms with Crippen molar-refractivity contribution >= 4 is 50.4 Å². The molecule has 5 heavy (non-hydrogen) atoms. The molecule has 0 aromatic carbocycles. The Balaban J connectivity index is 0. The van der Waals surface area contributed by atoms with Crippen molar-refractivity contribution in [2.75, 3.05) is 0 Å². The molecule has 0 fully saturated rings. The Morgan fingerprint density at radius 1 is 1.80 bits per heavy atom. The van der Waals surface area contributed by atoms with Gasteiger partial charge in [-0.05, 0) is 0 Å². The molecule has 0 amide bonds. The first kappa shape index (κ1) is 9.59. The van der Waals surface area contributed by atoms with Crippen molar-refractivity contribution in [2.24, 2.45) is 0 Å². The molecule has 2 nitrogen and oxygen atoms in total. The molecule has 0 unspecified atom stereocenters. The van der Waals surface area contributed by atoms with Crippen LogP contribution in [0.5, 0.6) is 0 Å². The third kappa shape index (κ3) is 33.4. The van der Waals surface area contributed by atoms with Gasteiger partial charge in [-0.2, -0.15) is 0 Å². The van der Waals surface area contributed by atoms with E-state index in [2.05, 4.69) is 11.2 Å². The van der Waals surface area contributed by atoms with Crippen molar-refractivity contribution < 1.29 is 8.76 Å². The van der Waals surface area contributed by atoms with Crippen molar-refractivity contribution in [1.29, 1.82) is 0 Å². The van der Waals surface area contributed by atoms with E-state index in [1.165, 1.54) is 0 Å². The molecule has 0 rings (SSSR count). The summed E-state index contributed by atoms with van der Waals surface area (Å²) in [4.78, 5) is 0. The van der Waals surface area contributed by atoms with Gasteiger partial charge in [0.1, 0.15) is 0 Å². The zero-order valence-electron chi connectivity index (χ0n) is 2.67. The van der Waals surface area contributed by atoms with Crippen LogP contribution in [-0.4, -0.2) is 34.1 Å². The van der Waals surface area contributed by atoms with E-state index >= 15 is 0 Å². The second-order valence-corrected chi connectivity index (χ2v) is 1.51. The van der Waals surface area contributed by atoms with Gasteiger partial charge in [-0.25, -0.2) is 11.2 Å². The molecule has 0 aliphatic heterocycles. The van der Waals surface area contributed by atoms with E-state index in [1.807, 2.05) is 0 Å². The fourth-order valence-corrected chi connectivity index (χ4v) is 0. The van der Waals surface area contributed by atoms with Gasteiger partial charge >= 0.3 is 0 Å². The molecule has 0 heterocycles. The van der Waals surface area contributed by atoms with Crippen LogP contribution in [0.25, 0.3) is 0 Å². The second kappa shape index (κ2) is 5.33. The molecule has 1 radical (unpaired) electrons. The fourth-order valence-electron chi connectivity index (χ4n) is 0. The Morgan fingerprint density at radius 2 is 1.80 bits per heavy atom. The maximum Gasteiger partial charge on any atom is 0 e. The first-order chi connectivity index (χ1) is 1.73. The predicted molar refractivity (Wildman–Crippen MR) is 23.8 cm³/mol. The Morgan fingerprint density at radius 3 is 1.80 bits per heavy atom. The van der Waals surface area contributed by atoms with Gasteiger partial charge in [0.05, 0.1) is 0 Å². The monoisotopic (exact) mass is 120 g/mol. The summed E-state index contributed by atoms with van der Waals surface area (Å²) in [6.45, 7) is 0.